The summed E-state index contributed by atoms with van der Waals surface area (Å²) in [6.07, 6.45) is 1.77. The molecule has 2 heterocycles. The average molecular weight is 303 g/mol. The molecule has 0 saturated carbocycles. The highest BCUT2D eigenvalue weighted by atomic mass is 16.3. The van der Waals surface area contributed by atoms with E-state index >= 15 is 0 Å². The summed E-state index contributed by atoms with van der Waals surface area (Å²) < 4.78 is 7.51. The quantitative estimate of drug-likeness (QED) is 0.543. The Bertz CT molecular complexity index is 1070. The zero-order valence-electron chi connectivity index (χ0n) is 12.2. The maximum absolute atomic E-state index is 12.6. The summed E-state index contributed by atoms with van der Waals surface area (Å²) in [6, 6.07) is 17.6. The topological polar surface area (TPSA) is 52.2 Å². The molecular formula is C19H13NO3. The van der Waals surface area contributed by atoms with Gasteiger partial charge < -0.3 is 8.98 Å². The summed E-state index contributed by atoms with van der Waals surface area (Å²) in [7, 11) is 0. The molecule has 4 rings (SSSR count). The molecule has 0 aliphatic carbocycles. The highest BCUT2D eigenvalue weighted by molar-refractivity contribution is 6.05. The molecule has 0 radical (unpaired) electrons. The van der Waals surface area contributed by atoms with Gasteiger partial charge in [-0.15, -0.1) is 0 Å². The monoisotopic (exact) mass is 303 g/mol. The van der Waals surface area contributed by atoms with E-state index in [4.69, 9.17) is 4.42 Å². The van der Waals surface area contributed by atoms with Crippen molar-refractivity contribution in [2.75, 3.05) is 0 Å². The number of hydrogen-bond acceptors (Lipinski definition) is 3. The summed E-state index contributed by atoms with van der Waals surface area (Å²) >= 11 is 0. The molecule has 0 fully saturated rings. The molecule has 0 bridgehead atoms. The van der Waals surface area contributed by atoms with Crippen LogP contribution in [0.4, 0.5) is 0 Å². The van der Waals surface area contributed by atoms with Gasteiger partial charge >= 0.3 is 0 Å². The van der Waals surface area contributed by atoms with Crippen molar-refractivity contribution in [3.8, 4) is 0 Å². The number of nitrogens with zero attached hydrogens (tertiary/aromatic N) is 1. The van der Waals surface area contributed by atoms with Crippen LogP contribution in [0, 0.1) is 0 Å². The first-order chi connectivity index (χ1) is 11.3. The normalized spacial score (nSPS) is 11.1. The largest absolute Gasteiger partial charge is 0.461 e. The van der Waals surface area contributed by atoms with Crippen molar-refractivity contribution in [1.29, 1.82) is 0 Å². The maximum Gasteiger partial charge on any atom is 0.219 e. The van der Waals surface area contributed by atoms with Gasteiger partial charge in [-0.1, -0.05) is 42.5 Å². The van der Waals surface area contributed by atoms with Gasteiger partial charge in [-0.3, -0.25) is 9.59 Å². The van der Waals surface area contributed by atoms with Crippen molar-refractivity contribution >= 4 is 28.3 Å². The SMILES string of the molecule is O=Cc1coc2c3ccccc3n(Cc3ccccc3)c2c1=O. The first kappa shape index (κ1) is 13.5. The van der Waals surface area contributed by atoms with E-state index in [1.165, 1.54) is 6.26 Å². The van der Waals surface area contributed by atoms with Gasteiger partial charge in [-0.25, -0.2) is 0 Å². The Morgan fingerprint density at radius 3 is 2.52 bits per heavy atom. The van der Waals surface area contributed by atoms with Gasteiger partial charge in [0.05, 0.1) is 11.1 Å². The van der Waals surface area contributed by atoms with Gasteiger partial charge in [0.2, 0.25) is 5.43 Å². The molecule has 0 unspecified atom stereocenters. The van der Waals surface area contributed by atoms with Crippen LogP contribution in [-0.2, 0) is 6.54 Å². The van der Waals surface area contributed by atoms with Crippen LogP contribution >= 0.6 is 0 Å². The number of aldehydes is 1. The molecule has 0 saturated heterocycles. The first-order valence-corrected chi connectivity index (χ1v) is 7.31. The molecule has 0 atom stereocenters. The number of para-hydroxylation sites is 1. The van der Waals surface area contributed by atoms with Gasteiger partial charge in [0, 0.05) is 11.9 Å². The molecule has 4 heteroatoms. The van der Waals surface area contributed by atoms with Gasteiger partial charge in [0.25, 0.3) is 0 Å². The lowest BCUT2D eigenvalue weighted by Crippen LogP contribution is -2.12. The maximum atomic E-state index is 12.6. The van der Waals surface area contributed by atoms with Crippen LogP contribution in [0.3, 0.4) is 0 Å². The Labute approximate surface area is 131 Å². The number of aromatic nitrogens is 1. The Hall–Kier alpha value is -3.14. The number of hydrogen-bond donors (Lipinski definition) is 0. The van der Waals surface area contributed by atoms with Crippen LogP contribution in [0.15, 0.2) is 70.1 Å². The Kier molecular flexibility index (Phi) is 3.08. The third-order valence-corrected chi connectivity index (χ3v) is 4.02. The van der Waals surface area contributed by atoms with Crippen LogP contribution < -0.4 is 5.43 Å². The fourth-order valence-electron chi connectivity index (χ4n) is 2.94. The zero-order chi connectivity index (χ0) is 15.8. The van der Waals surface area contributed by atoms with E-state index < -0.39 is 0 Å². The molecule has 0 spiro atoms. The minimum atomic E-state index is -0.298. The summed E-state index contributed by atoms with van der Waals surface area (Å²) in [5.41, 5.74) is 2.68. The summed E-state index contributed by atoms with van der Waals surface area (Å²) in [5, 5.41) is 0.869. The van der Waals surface area contributed by atoms with Crippen LogP contribution in [0.1, 0.15) is 15.9 Å². The van der Waals surface area contributed by atoms with Gasteiger partial charge in [-0.2, -0.15) is 0 Å². The highest BCUT2D eigenvalue weighted by Crippen LogP contribution is 2.28. The van der Waals surface area contributed by atoms with E-state index in [1.807, 2.05) is 59.2 Å². The standard InChI is InChI=1S/C19H13NO3/c21-11-14-12-23-19-15-8-4-5-9-16(15)20(17(19)18(14)22)10-13-6-2-1-3-7-13/h1-9,11-12H,10H2. The Balaban J connectivity index is 2.10. The average Bonchev–Trinajstić information content (AvgIpc) is 2.91. The predicted molar refractivity (Wildman–Crippen MR) is 88.9 cm³/mol. The molecule has 2 aromatic carbocycles. The van der Waals surface area contributed by atoms with Crippen molar-refractivity contribution in [2.45, 2.75) is 6.54 Å². The lowest BCUT2D eigenvalue weighted by atomic mass is 10.2. The first-order valence-electron chi connectivity index (χ1n) is 7.31. The van der Waals surface area contributed by atoms with Crippen LogP contribution in [0.2, 0.25) is 0 Å². The van der Waals surface area contributed by atoms with E-state index in [2.05, 4.69) is 0 Å². The van der Waals surface area contributed by atoms with Crippen LogP contribution in [0.5, 0.6) is 0 Å². The van der Waals surface area contributed by atoms with Gasteiger partial charge in [0.1, 0.15) is 11.8 Å². The van der Waals surface area contributed by atoms with Crippen LogP contribution in [0.25, 0.3) is 22.0 Å². The van der Waals surface area contributed by atoms with E-state index in [1.54, 1.807) is 0 Å². The highest BCUT2D eigenvalue weighted by Gasteiger charge is 2.17. The number of carbonyl (C=O) groups excluding carboxylic acids is 1. The Morgan fingerprint density at radius 2 is 1.74 bits per heavy atom. The second kappa shape index (κ2) is 5.25. The van der Waals surface area contributed by atoms with Gasteiger partial charge in [0.15, 0.2) is 11.9 Å². The van der Waals surface area contributed by atoms with Crippen molar-refractivity contribution in [3.63, 3.8) is 0 Å². The molecule has 2 aromatic heterocycles. The van der Waals surface area contributed by atoms with Crippen molar-refractivity contribution < 1.29 is 9.21 Å². The third-order valence-electron chi connectivity index (χ3n) is 4.02. The van der Waals surface area contributed by atoms with Crippen molar-refractivity contribution in [3.05, 3.63) is 82.2 Å². The fraction of sp³-hybridized carbons (Fsp3) is 0.0526. The second-order valence-electron chi connectivity index (χ2n) is 5.40. The molecule has 0 amide bonds. The minimum absolute atomic E-state index is 0.0367. The fourth-order valence-corrected chi connectivity index (χ4v) is 2.94. The van der Waals surface area contributed by atoms with E-state index in [9.17, 15) is 9.59 Å². The summed E-state index contributed by atoms with van der Waals surface area (Å²) in [5.74, 6) is 0. The molecule has 4 nitrogen and oxygen atoms in total. The minimum Gasteiger partial charge on any atom is -0.461 e. The predicted octanol–water partition coefficient (Wildman–Crippen LogP) is 3.61. The van der Waals surface area contributed by atoms with Gasteiger partial charge in [-0.05, 0) is 17.7 Å². The molecule has 0 aliphatic heterocycles. The molecule has 23 heavy (non-hydrogen) atoms. The molecule has 0 N–H and O–H groups in total. The smallest absolute Gasteiger partial charge is 0.219 e. The zero-order valence-corrected chi connectivity index (χ0v) is 12.2. The number of benzene rings is 2. The third kappa shape index (κ3) is 2.07. The molecule has 0 aliphatic rings. The summed E-state index contributed by atoms with van der Waals surface area (Å²) in [6.45, 7) is 0.540. The molecular weight excluding hydrogens is 290 g/mol. The Morgan fingerprint density at radius 1 is 1.00 bits per heavy atom. The lowest BCUT2D eigenvalue weighted by molar-refractivity contribution is 0.112. The van der Waals surface area contributed by atoms with Crippen molar-refractivity contribution in [2.24, 2.45) is 0 Å². The summed E-state index contributed by atoms with van der Waals surface area (Å²) in [4.78, 5) is 23.7. The van der Waals surface area contributed by atoms with E-state index in [-0.39, 0.29) is 11.0 Å². The number of carbonyl (C=O) groups is 1. The van der Waals surface area contributed by atoms with E-state index in [0.29, 0.717) is 23.9 Å². The number of fused-ring (bicyclic) bond motifs is 3. The second-order valence-corrected chi connectivity index (χ2v) is 5.40. The lowest BCUT2D eigenvalue weighted by Gasteiger charge is -2.07. The molecule has 4 aromatic rings. The van der Waals surface area contributed by atoms with Crippen LogP contribution in [-0.4, -0.2) is 10.9 Å². The van der Waals surface area contributed by atoms with E-state index in [0.717, 1.165) is 16.5 Å². The molecule has 112 valence electrons. The van der Waals surface area contributed by atoms with Crippen molar-refractivity contribution in [1.82, 2.24) is 4.57 Å². The number of rotatable bonds is 3.